The smallest absolute Gasteiger partial charge is 0.338 e. The van der Waals surface area contributed by atoms with Crippen LogP contribution in [-0.2, 0) is 21.3 Å². The lowest BCUT2D eigenvalue weighted by Crippen LogP contribution is -2.14. The molecule has 0 saturated heterocycles. The Morgan fingerprint density at radius 1 is 1.25 bits per heavy atom. The Morgan fingerprint density at radius 3 is 2.35 bits per heavy atom. The second-order valence-corrected chi connectivity index (χ2v) is 6.62. The molecule has 112 valence electrons. The lowest BCUT2D eigenvalue weighted by atomic mass is 10.0. The van der Waals surface area contributed by atoms with Crippen molar-refractivity contribution in [2.45, 2.75) is 26.7 Å². The van der Waals surface area contributed by atoms with Gasteiger partial charge in [-0.1, -0.05) is 26.0 Å². The second-order valence-electron chi connectivity index (χ2n) is 5.05. The summed E-state index contributed by atoms with van der Waals surface area (Å²) in [6.45, 7) is 3.95. The first-order chi connectivity index (χ1) is 9.28. The highest BCUT2D eigenvalue weighted by atomic mass is 32.2. The fourth-order valence-electron chi connectivity index (χ4n) is 1.59. The zero-order valence-electron chi connectivity index (χ0n) is 11.7. The third kappa shape index (κ3) is 6.68. The minimum Gasteiger partial charge on any atom is -0.461 e. The highest BCUT2D eigenvalue weighted by Crippen LogP contribution is 2.11. The maximum Gasteiger partial charge on any atom is 0.338 e. The van der Waals surface area contributed by atoms with Crippen LogP contribution in [0.5, 0.6) is 0 Å². The van der Waals surface area contributed by atoms with Gasteiger partial charge in [0.25, 0.3) is 10.1 Å². The summed E-state index contributed by atoms with van der Waals surface area (Å²) < 4.78 is 34.3. The predicted octanol–water partition coefficient (Wildman–Crippen LogP) is 2.32. The van der Waals surface area contributed by atoms with Crippen molar-refractivity contribution in [1.29, 1.82) is 0 Å². The number of rotatable bonds is 7. The molecule has 0 aromatic heterocycles. The molecule has 0 saturated carbocycles. The lowest BCUT2D eigenvalue weighted by molar-refractivity contribution is 0.0528. The number of esters is 1. The summed E-state index contributed by atoms with van der Waals surface area (Å²) in [4.78, 5) is 11.6. The topological polar surface area (TPSA) is 80.7 Å². The third-order valence-corrected chi connectivity index (χ3v) is 3.46. The van der Waals surface area contributed by atoms with Crippen LogP contribution >= 0.6 is 0 Å². The van der Waals surface area contributed by atoms with Gasteiger partial charge in [-0.2, -0.15) is 8.42 Å². The van der Waals surface area contributed by atoms with E-state index >= 15 is 0 Å². The summed E-state index contributed by atoms with van der Waals surface area (Å²) >= 11 is 0. The van der Waals surface area contributed by atoms with Gasteiger partial charge < -0.3 is 4.74 Å². The van der Waals surface area contributed by atoms with E-state index in [9.17, 15) is 13.2 Å². The van der Waals surface area contributed by atoms with Gasteiger partial charge in [-0.3, -0.25) is 4.55 Å². The van der Waals surface area contributed by atoms with Crippen LogP contribution in [0.1, 0.15) is 36.2 Å². The van der Waals surface area contributed by atoms with Crippen LogP contribution in [0.2, 0.25) is 0 Å². The molecule has 6 heteroatoms. The van der Waals surface area contributed by atoms with Crippen molar-refractivity contribution < 1.29 is 22.5 Å². The van der Waals surface area contributed by atoms with Gasteiger partial charge >= 0.3 is 5.97 Å². The van der Waals surface area contributed by atoms with E-state index in [1.165, 1.54) is 0 Å². The van der Waals surface area contributed by atoms with Crippen LogP contribution in [-0.4, -0.2) is 31.3 Å². The third-order valence-electron chi connectivity index (χ3n) is 2.77. The number of carbonyl (C=O) groups is 1. The first kappa shape index (κ1) is 16.7. The van der Waals surface area contributed by atoms with Gasteiger partial charge in [-0.25, -0.2) is 4.79 Å². The fourth-order valence-corrected chi connectivity index (χ4v) is 1.88. The van der Waals surface area contributed by atoms with Gasteiger partial charge in [0.2, 0.25) is 0 Å². The van der Waals surface area contributed by atoms with Crippen LogP contribution in [0.3, 0.4) is 0 Å². The zero-order valence-corrected chi connectivity index (χ0v) is 12.5. The van der Waals surface area contributed by atoms with Crippen LogP contribution in [0, 0.1) is 5.92 Å². The molecular weight excluding hydrogens is 280 g/mol. The van der Waals surface area contributed by atoms with E-state index in [0.717, 1.165) is 18.4 Å². The largest absolute Gasteiger partial charge is 0.461 e. The van der Waals surface area contributed by atoms with Gasteiger partial charge in [0, 0.05) is 0 Å². The average molecular weight is 300 g/mol. The van der Waals surface area contributed by atoms with Crippen LogP contribution < -0.4 is 0 Å². The lowest BCUT2D eigenvalue weighted by Gasteiger charge is -2.06. The summed E-state index contributed by atoms with van der Waals surface area (Å²) in [5.41, 5.74) is 1.52. The van der Waals surface area contributed by atoms with Gasteiger partial charge in [0.1, 0.15) is 12.4 Å². The van der Waals surface area contributed by atoms with E-state index in [1.807, 2.05) is 12.1 Å². The molecule has 1 aromatic rings. The molecule has 0 atom stereocenters. The monoisotopic (exact) mass is 300 g/mol. The Labute approximate surface area is 119 Å². The normalized spacial score (nSPS) is 11.6. The van der Waals surface area contributed by atoms with Crippen molar-refractivity contribution in [3.63, 3.8) is 0 Å². The molecule has 20 heavy (non-hydrogen) atoms. The molecule has 1 rings (SSSR count). The quantitative estimate of drug-likeness (QED) is 0.617. The van der Waals surface area contributed by atoms with E-state index in [1.54, 1.807) is 12.1 Å². The molecule has 0 radical (unpaired) electrons. The first-order valence-corrected chi connectivity index (χ1v) is 8.10. The van der Waals surface area contributed by atoms with Gasteiger partial charge in [0.15, 0.2) is 0 Å². The van der Waals surface area contributed by atoms with Crippen LogP contribution in [0.25, 0.3) is 0 Å². The van der Waals surface area contributed by atoms with Crippen molar-refractivity contribution >= 4 is 16.1 Å². The molecule has 0 amide bonds. The first-order valence-electron chi connectivity index (χ1n) is 6.49. The molecule has 0 bridgehead atoms. The van der Waals surface area contributed by atoms with Crippen molar-refractivity contribution in [3.05, 3.63) is 35.4 Å². The number of aryl methyl sites for hydroxylation is 1. The molecule has 1 aromatic carbocycles. The second kappa shape index (κ2) is 7.40. The number of carbonyl (C=O) groups excluding carboxylic acids is 1. The van der Waals surface area contributed by atoms with E-state index in [0.29, 0.717) is 11.5 Å². The Bertz CT molecular complexity index is 531. The summed E-state index contributed by atoms with van der Waals surface area (Å²) in [5.74, 6) is -0.560. The highest BCUT2D eigenvalue weighted by Gasteiger charge is 2.10. The van der Waals surface area contributed by atoms with Gasteiger partial charge in [0.05, 0.1) is 5.56 Å². The summed E-state index contributed by atoms with van der Waals surface area (Å²) in [6.07, 6.45) is 2.04. The standard InChI is InChI=1S/C14H20O5S/c1-11(2)3-4-12-5-7-13(8-6-12)14(15)19-9-10-20(16,17)18/h5-8,11H,3-4,9-10H2,1-2H3,(H,16,17,18). The van der Waals surface area contributed by atoms with Gasteiger partial charge in [-0.15, -0.1) is 0 Å². The van der Waals surface area contributed by atoms with Crippen molar-refractivity contribution in [2.24, 2.45) is 5.92 Å². The van der Waals surface area contributed by atoms with Crippen molar-refractivity contribution in [3.8, 4) is 0 Å². The Kier molecular flexibility index (Phi) is 6.16. The summed E-state index contributed by atoms with van der Waals surface area (Å²) in [6, 6.07) is 7.04. The molecular formula is C14H20O5S. The molecule has 0 aliphatic rings. The maximum absolute atomic E-state index is 11.6. The summed E-state index contributed by atoms with van der Waals surface area (Å²) in [5, 5.41) is 0. The van der Waals surface area contributed by atoms with Gasteiger partial charge in [-0.05, 0) is 36.5 Å². The molecule has 0 aliphatic carbocycles. The Morgan fingerprint density at radius 2 is 1.85 bits per heavy atom. The maximum atomic E-state index is 11.6. The Balaban J connectivity index is 2.49. The summed E-state index contributed by atoms with van der Waals surface area (Å²) in [7, 11) is -4.10. The van der Waals surface area contributed by atoms with E-state index in [-0.39, 0.29) is 6.61 Å². The molecule has 0 fully saturated rings. The molecule has 0 heterocycles. The van der Waals surface area contributed by atoms with Crippen molar-refractivity contribution in [2.75, 3.05) is 12.4 Å². The van der Waals surface area contributed by atoms with Crippen LogP contribution in [0.15, 0.2) is 24.3 Å². The fraction of sp³-hybridized carbons (Fsp3) is 0.500. The highest BCUT2D eigenvalue weighted by molar-refractivity contribution is 7.85. The molecule has 0 aliphatic heterocycles. The average Bonchev–Trinajstić information content (AvgIpc) is 2.35. The number of ether oxygens (including phenoxy) is 1. The zero-order chi connectivity index (χ0) is 15.2. The van der Waals surface area contributed by atoms with E-state index in [4.69, 9.17) is 9.29 Å². The number of benzene rings is 1. The van der Waals surface area contributed by atoms with E-state index < -0.39 is 21.8 Å². The SMILES string of the molecule is CC(C)CCc1ccc(C(=O)OCCS(=O)(=O)O)cc1. The van der Waals surface area contributed by atoms with Crippen LogP contribution in [0.4, 0.5) is 0 Å². The minimum atomic E-state index is -4.10. The number of hydrogen-bond acceptors (Lipinski definition) is 4. The molecule has 1 N–H and O–H groups in total. The molecule has 0 spiro atoms. The number of hydrogen-bond donors (Lipinski definition) is 1. The molecule has 0 unspecified atom stereocenters. The molecule has 5 nitrogen and oxygen atoms in total. The van der Waals surface area contributed by atoms with Crippen molar-refractivity contribution in [1.82, 2.24) is 0 Å². The minimum absolute atomic E-state index is 0.354. The predicted molar refractivity (Wildman–Crippen MR) is 76.3 cm³/mol. The van der Waals surface area contributed by atoms with E-state index in [2.05, 4.69) is 13.8 Å². The Hall–Kier alpha value is -1.40.